The smallest absolute Gasteiger partial charge is 0.0159 e. The third-order valence-corrected chi connectivity index (χ3v) is 3.85. The summed E-state index contributed by atoms with van der Waals surface area (Å²) in [4.78, 5) is 2.64. The average molecular weight is 282 g/mol. The quantitative estimate of drug-likeness (QED) is 0.722. The van der Waals surface area contributed by atoms with Gasteiger partial charge in [-0.25, -0.2) is 0 Å². The Morgan fingerprint density at radius 1 is 1.12 bits per heavy atom. The first-order valence-corrected chi connectivity index (χ1v) is 7.36. The molecule has 0 bridgehead atoms. The maximum atomic E-state index is 3.56. The van der Waals surface area contributed by atoms with E-state index in [9.17, 15) is 0 Å². The van der Waals surface area contributed by atoms with Crippen LogP contribution in [0, 0.1) is 0 Å². The molecule has 1 aromatic carbocycles. The topological polar surface area (TPSA) is 3.24 Å². The Morgan fingerprint density at radius 2 is 1.88 bits per heavy atom. The number of hydrogen-bond donors (Lipinski definition) is 0. The van der Waals surface area contributed by atoms with Gasteiger partial charge in [-0.1, -0.05) is 52.7 Å². The fourth-order valence-corrected chi connectivity index (χ4v) is 2.71. The van der Waals surface area contributed by atoms with Crippen molar-refractivity contribution < 1.29 is 0 Å². The van der Waals surface area contributed by atoms with Crippen LogP contribution < -0.4 is 0 Å². The second-order valence-corrected chi connectivity index (χ2v) is 5.34. The molecule has 0 aromatic heterocycles. The Hall–Kier alpha value is -0.340. The van der Waals surface area contributed by atoms with Gasteiger partial charge in [-0.15, -0.1) is 0 Å². The highest BCUT2D eigenvalue weighted by molar-refractivity contribution is 9.09. The number of alkyl halides is 1. The summed E-state index contributed by atoms with van der Waals surface area (Å²) in [5.41, 5.74) is 1.46. The van der Waals surface area contributed by atoms with Gasteiger partial charge in [0.25, 0.3) is 0 Å². The first kappa shape index (κ1) is 12.1. The van der Waals surface area contributed by atoms with Crippen molar-refractivity contribution in [3.63, 3.8) is 0 Å². The molecular weight excluding hydrogens is 262 g/mol. The third kappa shape index (κ3) is 3.33. The fourth-order valence-electron chi connectivity index (χ4n) is 2.25. The van der Waals surface area contributed by atoms with E-state index in [0.29, 0.717) is 0 Å². The van der Waals surface area contributed by atoms with Gasteiger partial charge in [-0.2, -0.15) is 0 Å². The normalized spacial score (nSPS) is 16.4. The summed E-state index contributed by atoms with van der Waals surface area (Å²) in [5, 5.41) is 1.10. The van der Waals surface area contributed by atoms with Crippen LogP contribution in [-0.2, 0) is 6.42 Å². The Balaban J connectivity index is 1.81. The van der Waals surface area contributed by atoms with Crippen molar-refractivity contribution in [1.82, 2.24) is 4.90 Å². The van der Waals surface area contributed by atoms with Crippen LogP contribution in [0.1, 0.15) is 24.8 Å². The lowest BCUT2D eigenvalue weighted by Crippen LogP contribution is -2.42. The molecule has 2 heteroatoms. The van der Waals surface area contributed by atoms with E-state index in [1.807, 2.05) is 0 Å². The van der Waals surface area contributed by atoms with E-state index in [-0.39, 0.29) is 0 Å². The molecule has 16 heavy (non-hydrogen) atoms. The number of halogens is 1. The monoisotopic (exact) mass is 281 g/mol. The average Bonchev–Trinajstić information content (AvgIpc) is 2.25. The van der Waals surface area contributed by atoms with Gasteiger partial charge in [0.2, 0.25) is 0 Å². The van der Waals surface area contributed by atoms with Gasteiger partial charge in [0.05, 0.1) is 0 Å². The molecule has 1 aliphatic carbocycles. The molecule has 1 saturated carbocycles. The Morgan fingerprint density at radius 3 is 2.44 bits per heavy atom. The molecule has 1 aliphatic rings. The summed E-state index contributed by atoms with van der Waals surface area (Å²) in [7, 11) is 0. The lowest BCUT2D eigenvalue weighted by Gasteiger charge is -2.37. The van der Waals surface area contributed by atoms with E-state index in [2.05, 4.69) is 51.2 Å². The largest absolute Gasteiger partial charge is 0.299 e. The lowest BCUT2D eigenvalue weighted by atomic mass is 9.91. The van der Waals surface area contributed by atoms with Gasteiger partial charge in [-0.05, 0) is 24.8 Å². The molecule has 0 atom stereocenters. The summed E-state index contributed by atoms with van der Waals surface area (Å²) >= 11 is 3.56. The van der Waals surface area contributed by atoms with E-state index >= 15 is 0 Å². The summed E-state index contributed by atoms with van der Waals surface area (Å²) < 4.78 is 0. The molecular formula is C14H20BrN. The zero-order valence-electron chi connectivity index (χ0n) is 9.74. The highest BCUT2D eigenvalue weighted by atomic mass is 79.9. The van der Waals surface area contributed by atoms with Crippen molar-refractivity contribution in [3.8, 4) is 0 Å². The van der Waals surface area contributed by atoms with Crippen LogP contribution >= 0.6 is 15.9 Å². The van der Waals surface area contributed by atoms with Gasteiger partial charge in [0.15, 0.2) is 0 Å². The molecule has 1 aromatic rings. The number of hydrogen-bond acceptors (Lipinski definition) is 1. The van der Waals surface area contributed by atoms with Gasteiger partial charge >= 0.3 is 0 Å². The third-order valence-electron chi connectivity index (χ3n) is 3.49. The van der Waals surface area contributed by atoms with Crippen LogP contribution in [0.4, 0.5) is 0 Å². The van der Waals surface area contributed by atoms with Crippen molar-refractivity contribution in [3.05, 3.63) is 35.9 Å². The molecule has 0 aliphatic heterocycles. The SMILES string of the molecule is BrCCN(CCc1ccccc1)C1CCC1. The molecule has 0 unspecified atom stereocenters. The summed E-state index contributed by atoms with van der Waals surface area (Å²) in [6, 6.07) is 11.7. The maximum absolute atomic E-state index is 3.56. The van der Waals surface area contributed by atoms with Crippen LogP contribution in [-0.4, -0.2) is 29.4 Å². The van der Waals surface area contributed by atoms with Crippen LogP contribution in [0.5, 0.6) is 0 Å². The molecule has 0 heterocycles. The summed E-state index contributed by atoms with van der Waals surface area (Å²) in [6.07, 6.45) is 5.42. The van der Waals surface area contributed by atoms with Gasteiger partial charge < -0.3 is 0 Å². The zero-order chi connectivity index (χ0) is 11.2. The first-order chi connectivity index (χ1) is 7.90. The summed E-state index contributed by atoms with van der Waals surface area (Å²) in [5.74, 6) is 0. The molecule has 1 nitrogen and oxygen atoms in total. The van der Waals surface area contributed by atoms with E-state index in [4.69, 9.17) is 0 Å². The molecule has 1 fully saturated rings. The second-order valence-electron chi connectivity index (χ2n) is 4.55. The number of benzene rings is 1. The van der Waals surface area contributed by atoms with Gasteiger partial charge in [0.1, 0.15) is 0 Å². The van der Waals surface area contributed by atoms with Crippen molar-refractivity contribution in [2.24, 2.45) is 0 Å². The molecule has 0 radical (unpaired) electrons. The zero-order valence-corrected chi connectivity index (χ0v) is 11.3. The van der Waals surface area contributed by atoms with Crippen molar-refractivity contribution in [2.75, 3.05) is 18.4 Å². The number of nitrogens with zero attached hydrogens (tertiary/aromatic N) is 1. The molecule has 0 amide bonds. The van der Waals surface area contributed by atoms with E-state index in [0.717, 1.165) is 11.4 Å². The molecule has 0 spiro atoms. The highest BCUT2D eigenvalue weighted by Crippen LogP contribution is 2.24. The van der Waals surface area contributed by atoms with E-state index in [1.165, 1.54) is 44.3 Å². The van der Waals surface area contributed by atoms with E-state index < -0.39 is 0 Å². The van der Waals surface area contributed by atoms with Crippen molar-refractivity contribution >= 4 is 15.9 Å². The van der Waals surface area contributed by atoms with Crippen molar-refractivity contribution in [2.45, 2.75) is 31.7 Å². The lowest BCUT2D eigenvalue weighted by molar-refractivity contribution is 0.137. The molecule has 2 rings (SSSR count). The summed E-state index contributed by atoms with van der Waals surface area (Å²) in [6.45, 7) is 2.40. The van der Waals surface area contributed by atoms with Crippen LogP contribution in [0.3, 0.4) is 0 Å². The Kier molecular flexibility index (Phi) is 4.86. The predicted octanol–water partition coefficient (Wildman–Crippen LogP) is 3.48. The predicted molar refractivity (Wildman–Crippen MR) is 73.2 cm³/mol. The van der Waals surface area contributed by atoms with E-state index in [1.54, 1.807) is 0 Å². The van der Waals surface area contributed by atoms with Gasteiger partial charge in [0, 0.05) is 24.5 Å². The van der Waals surface area contributed by atoms with Crippen LogP contribution in [0.15, 0.2) is 30.3 Å². The number of rotatable bonds is 6. The maximum Gasteiger partial charge on any atom is 0.0159 e. The minimum atomic E-state index is 0.862. The first-order valence-electron chi connectivity index (χ1n) is 6.24. The Bertz CT molecular complexity index is 295. The van der Waals surface area contributed by atoms with Crippen LogP contribution in [0.25, 0.3) is 0 Å². The fraction of sp³-hybridized carbons (Fsp3) is 0.571. The minimum absolute atomic E-state index is 0.862. The Labute approximate surface area is 107 Å². The standard InChI is InChI=1S/C14H20BrN/c15-10-12-16(14-7-4-8-14)11-9-13-5-2-1-3-6-13/h1-3,5-6,14H,4,7-12H2. The molecule has 0 N–H and O–H groups in total. The highest BCUT2D eigenvalue weighted by Gasteiger charge is 2.23. The van der Waals surface area contributed by atoms with Crippen molar-refractivity contribution in [1.29, 1.82) is 0 Å². The molecule has 0 saturated heterocycles. The molecule has 88 valence electrons. The minimum Gasteiger partial charge on any atom is -0.299 e. The second kappa shape index (κ2) is 6.41. The van der Waals surface area contributed by atoms with Gasteiger partial charge in [-0.3, -0.25) is 4.90 Å². The van der Waals surface area contributed by atoms with Crippen LogP contribution in [0.2, 0.25) is 0 Å².